The van der Waals surface area contributed by atoms with Crippen molar-refractivity contribution in [1.82, 2.24) is 9.97 Å². The van der Waals surface area contributed by atoms with Crippen molar-refractivity contribution in [1.29, 1.82) is 0 Å². The molecule has 0 unspecified atom stereocenters. The first-order valence-corrected chi connectivity index (χ1v) is 7.23. The molecule has 100 valence electrons. The zero-order valence-electron chi connectivity index (χ0n) is 11.0. The Kier molecular flexibility index (Phi) is 3.43. The third-order valence-electron chi connectivity index (χ3n) is 3.07. The van der Waals surface area contributed by atoms with E-state index < -0.39 is 0 Å². The second-order valence-electron chi connectivity index (χ2n) is 4.28. The molecule has 1 amide bonds. The maximum atomic E-state index is 12.3. The molecule has 3 aromatic heterocycles. The summed E-state index contributed by atoms with van der Waals surface area (Å²) in [6, 6.07) is 5.64. The third-order valence-corrected chi connectivity index (χ3v) is 4.02. The summed E-state index contributed by atoms with van der Waals surface area (Å²) in [5.41, 5.74) is 1.71. The van der Waals surface area contributed by atoms with E-state index in [9.17, 15) is 4.79 Å². The third kappa shape index (κ3) is 2.16. The summed E-state index contributed by atoms with van der Waals surface area (Å²) in [4.78, 5) is 22.3. The van der Waals surface area contributed by atoms with Gasteiger partial charge in [-0.25, -0.2) is 0 Å². The van der Waals surface area contributed by atoms with Crippen molar-refractivity contribution < 1.29 is 4.79 Å². The molecule has 0 aliphatic rings. The maximum Gasteiger partial charge on any atom is 0.231 e. The number of fused-ring (bicyclic) bond motifs is 1. The normalized spacial score (nSPS) is 10.7. The van der Waals surface area contributed by atoms with E-state index in [4.69, 9.17) is 0 Å². The number of thiophene rings is 1. The van der Waals surface area contributed by atoms with Gasteiger partial charge in [0.05, 0.1) is 11.4 Å². The molecule has 0 spiro atoms. The van der Waals surface area contributed by atoms with Gasteiger partial charge < -0.3 is 0 Å². The minimum Gasteiger partial charge on any atom is -0.279 e. The van der Waals surface area contributed by atoms with Crippen molar-refractivity contribution in [3.8, 4) is 0 Å². The van der Waals surface area contributed by atoms with Crippen LogP contribution in [0.5, 0.6) is 0 Å². The standard InChI is InChI=1S/C15H13N3OS/c1-2-15(19)18(11-3-6-16-7-4-11)13-10-20-14-5-8-17-9-12(13)14/h3-10H,2H2,1H3. The average Bonchev–Trinajstić information content (AvgIpc) is 2.92. The van der Waals surface area contributed by atoms with Gasteiger partial charge in [-0.3, -0.25) is 19.7 Å². The average molecular weight is 283 g/mol. The minimum absolute atomic E-state index is 0.0553. The second-order valence-corrected chi connectivity index (χ2v) is 5.19. The molecule has 3 aromatic rings. The van der Waals surface area contributed by atoms with E-state index in [1.54, 1.807) is 41.0 Å². The number of carbonyl (C=O) groups excluding carboxylic acids is 1. The SMILES string of the molecule is CCC(=O)N(c1ccncc1)c1csc2ccncc12. The first kappa shape index (κ1) is 12.7. The highest BCUT2D eigenvalue weighted by Gasteiger charge is 2.19. The van der Waals surface area contributed by atoms with Crippen LogP contribution in [0.3, 0.4) is 0 Å². The van der Waals surface area contributed by atoms with E-state index in [0.29, 0.717) is 6.42 Å². The lowest BCUT2D eigenvalue weighted by atomic mass is 10.2. The topological polar surface area (TPSA) is 46.1 Å². The summed E-state index contributed by atoms with van der Waals surface area (Å²) < 4.78 is 1.12. The Morgan fingerprint density at radius 1 is 1.20 bits per heavy atom. The Labute approximate surface area is 120 Å². The number of pyridine rings is 2. The molecular weight excluding hydrogens is 270 g/mol. The monoisotopic (exact) mass is 283 g/mol. The number of hydrogen-bond acceptors (Lipinski definition) is 4. The lowest BCUT2D eigenvalue weighted by molar-refractivity contribution is -0.117. The van der Waals surface area contributed by atoms with Gasteiger partial charge in [0.2, 0.25) is 5.91 Å². The van der Waals surface area contributed by atoms with Crippen molar-refractivity contribution in [2.75, 3.05) is 4.90 Å². The number of aromatic nitrogens is 2. The molecule has 0 aromatic carbocycles. The highest BCUT2D eigenvalue weighted by molar-refractivity contribution is 7.17. The van der Waals surface area contributed by atoms with Crippen LogP contribution in [0.2, 0.25) is 0 Å². The van der Waals surface area contributed by atoms with Gasteiger partial charge in [-0.1, -0.05) is 6.92 Å². The molecule has 0 atom stereocenters. The molecule has 0 aliphatic carbocycles. The molecule has 4 nitrogen and oxygen atoms in total. The molecule has 3 heterocycles. The number of rotatable bonds is 3. The van der Waals surface area contributed by atoms with E-state index >= 15 is 0 Å². The Morgan fingerprint density at radius 3 is 2.70 bits per heavy atom. The highest BCUT2D eigenvalue weighted by atomic mass is 32.1. The molecule has 0 fully saturated rings. The van der Waals surface area contributed by atoms with Crippen LogP contribution in [0.25, 0.3) is 10.1 Å². The van der Waals surface area contributed by atoms with E-state index in [-0.39, 0.29) is 5.91 Å². The van der Waals surface area contributed by atoms with Gasteiger partial charge in [0.1, 0.15) is 0 Å². The second kappa shape index (κ2) is 5.38. The quantitative estimate of drug-likeness (QED) is 0.735. The fourth-order valence-electron chi connectivity index (χ4n) is 2.10. The van der Waals surface area contributed by atoms with Gasteiger partial charge >= 0.3 is 0 Å². The summed E-state index contributed by atoms with van der Waals surface area (Å²) >= 11 is 1.62. The van der Waals surface area contributed by atoms with Crippen molar-refractivity contribution >= 4 is 38.7 Å². The zero-order valence-corrected chi connectivity index (χ0v) is 11.8. The molecule has 0 bridgehead atoms. The minimum atomic E-state index is 0.0553. The van der Waals surface area contributed by atoms with Crippen molar-refractivity contribution in [3.63, 3.8) is 0 Å². The zero-order chi connectivity index (χ0) is 13.9. The smallest absolute Gasteiger partial charge is 0.231 e. The number of hydrogen-bond donors (Lipinski definition) is 0. The van der Waals surface area contributed by atoms with Crippen LogP contribution in [0.1, 0.15) is 13.3 Å². The Balaban J connectivity index is 2.17. The molecular formula is C15H13N3OS. The van der Waals surface area contributed by atoms with Crippen LogP contribution < -0.4 is 4.90 Å². The van der Waals surface area contributed by atoms with Crippen LogP contribution in [-0.2, 0) is 4.79 Å². The summed E-state index contributed by atoms with van der Waals surface area (Å²) in [5, 5.41) is 3.00. The van der Waals surface area contributed by atoms with Crippen LogP contribution >= 0.6 is 11.3 Å². The van der Waals surface area contributed by atoms with E-state index in [1.165, 1.54) is 0 Å². The molecule has 0 saturated heterocycles. The van der Waals surface area contributed by atoms with Gasteiger partial charge in [0.15, 0.2) is 0 Å². The van der Waals surface area contributed by atoms with Crippen LogP contribution in [0, 0.1) is 0 Å². The van der Waals surface area contributed by atoms with Crippen molar-refractivity contribution in [2.24, 2.45) is 0 Å². The van der Waals surface area contributed by atoms with Crippen molar-refractivity contribution in [2.45, 2.75) is 13.3 Å². The lowest BCUT2D eigenvalue weighted by Crippen LogP contribution is -2.24. The molecule has 5 heteroatoms. The van der Waals surface area contributed by atoms with Gasteiger partial charge in [-0.15, -0.1) is 11.3 Å². The van der Waals surface area contributed by atoms with Gasteiger partial charge in [0, 0.05) is 46.7 Å². The molecule has 0 aliphatic heterocycles. The first-order valence-electron chi connectivity index (χ1n) is 6.35. The predicted molar refractivity (Wildman–Crippen MR) is 81.3 cm³/mol. The lowest BCUT2D eigenvalue weighted by Gasteiger charge is -2.21. The van der Waals surface area contributed by atoms with Gasteiger partial charge in [-0.2, -0.15) is 0 Å². The van der Waals surface area contributed by atoms with Gasteiger partial charge in [0.25, 0.3) is 0 Å². The van der Waals surface area contributed by atoms with Crippen LogP contribution in [0.15, 0.2) is 48.4 Å². The molecule has 0 saturated carbocycles. The summed E-state index contributed by atoms with van der Waals surface area (Å²) in [5.74, 6) is 0.0553. The predicted octanol–water partition coefficient (Wildman–Crippen LogP) is 3.77. The number of nitrogens with zero attached hydrogens (tertiary/aromatic N) is 3. The molecule has 3 rings (SSSR count). The Bertz CT molecular complexity index is 739. The van der Waals surface area contributed by atoms with E-state index in [2.05, 4.69) is 9.97 Å². The number of amides is 1. The highest BCUT2D eigenvalue weighted by Crippen LogP contribution is 2.36. The fraction of sp³-hybridized carbons (Fsp3) is 0.133. The maximum absolute atomic E-state index is 12.3. The molecule has 0 N–H and O–H groups in total. The summed E-state index contributed by atoms with van der Waals surface area (Å²) in [7, 11) is 0. The van der Waals surface area contributed by atoms with Gasteiger partial charge in [-0.05, 0) is 18.2 Å². The summed E-state index contributed by atoms with van der Waals surface area (Å²) in [6.07, 6.45) is 7.40. The van der Waals surface area contributed by atoms with E-state index in [1.807, 2.05) is 30.5 Å². The van der Waals surface area contributed by atoms with Crippen LogP contribution in [0.4, 0.5) is 11.4 Å². The number of anilines is 2. The Hall–Kier alpha value is -2.27. The van der Waals surface area contributed by atoms with E-state index in [0.717, 1.165) is 21.5 Å². The molecule has 20 heavy (non-hydrogen) atoms. The first-order chi connectivity index (χ1) is 9.81. The fourth-order valence-corrected chi connectivity index (χ4v) is 3.00. The summed E-state index contributed by atoms with van der Waals surface area (Å²) in [6.45, 7) is 1.86. The molecule has 0 radical (unpaired) electrons. The largest absolute Gasteiger partial charge is 0.279 e. The number of carbonyl (C=O) groups is 1. The Morgan fingerprint density at radius 2 is 1.95 bits per heavy atom. The van der Waals surface area contributed by atoms with Crippen molar-refractivity contribution in [3.05, 3.63) is 48.4 Å². The van der Waals surface area contributed by atoms with Crippen LogP contribution in [-0.4, -0.2) is 15.9 Å².